The summed E-state index contributed by atoms with van der Waals surface area (Å²) >= 11 is 0. The number of aryl methyl sites for hydroxylation is 1. The largest absolute Gasteiger partial charge is 0.497 e. The Morgan fingerprint density at radius 2 is 1.85 bits per heavy atom. The smallest absolute Gasteiger partial charge is 0.243 e. The van der Waals surface area contributed by atoms with Gasteiger partial charge in [-0.15, -0.1) is 0 Å². The highest BCUT2D eigenvalue weighted by Crippen LogP contribution is 2.49. The second kappa shape index (κ2) is 8.48. The van der Waals surface area contributed by atoms with E-state index in [9.17, 15) is 13.5 Å². The maximum atomic E-state index is 13.8. The van der Waals surface area contributed by atoms with Crippen LogP contribution in [-0.4, -0.2) is 44.1 Å². The average Bonchev–Trinajstić information content (AvgIpc) is 3.30. The first-order valence-corrected chi connectivity index (χ1v) is 12.6. The molecule has 5 rings (SSSR count). The molecule has 0 aliphatic carbocycles. The molecular formula is C26H28N2O4S. The van der Waals surface area contributed by atoms with Crippen molar-refractivity contribution in [2.24, 2.45) is 5.92 Å². The zero-order chi connectivity index (χ0) is 23.2. The van der Waals surface area contributed by atoms with E-state index < -0.39 is 10.0 Å². The van der Waals surface area contributed by atoms with Crippen LogP contribution in [0.15, 0.2) is 71.6 Å². The summed E-state index contributed by atoms with van der Waals surface area (Å²) in [5.41, 5.74) is 4.55. The number of anilines is 1. The van der Waals surface area contributed by atoms with Crippen LogP contribution in [-0.2, 0) is 10.0 Å². The molecule has 0 saturated carbocycles. The van der Waals surface area contributed by atoms with Gasteiger partial charge in [0.2, 0.25) is 10.0 Å². The summed E-state index contributed by atoms with van der Waals surface area (Å²) in [5.74, 6) is 0.757. The molecule has 2 N–H and O–H groups in total. The molecule has 3 aromatic rings. The molecule has 172 valence electrons. The van der Waals surface area contributed by atoms with Crippen molar-refractivity contribution in [2.75, 3.05) is 25.6 Å². The van der Waals surface area contributed by atoms with Crippen LogP contribution < -0.4 is 10.1 Å². The van der Waals surface area contributed by atoms with Gasteiger partial charge in [-0.2, -0.15) is 4.31 Å². The van der Waals surface area contributed by atoms with Gasteiger partial charge in [-0.3, -0.25) is 0 Å². The molecule has 0 radical (unpaired) electrons. The predicted molar refractivity (Wildman–Crippen MR) is 129 cm³/mol. The van der Waals surface area contributed by atoms with Crippen LogP contribution in [0.3, 0.4) is 0 Å². The second-order valence-electron chi connectivity index (χ2n) is 8.75. The molecule has 0 unspecified atom stereocenters. The Labute approximate surface area is 194 Å². The first-order chi connectivity index (χ1) is 15.9. The van der Waals surface area contributed by atoms with E-state index in [1.165, 1.54) is 0 Å². The number of rotatable bonds is 5. The molecule has 0 amide bonds. The molecule has 2 aliphatic rings. The molecule has 3 aromatic carbocycles. The van der Waals surface area contributed by atoms with Gasteiger partial charge in [-0.1, -0.05) is 36.4 Å². The Bertz CT molecular complexity index is 1290. The summed E-state index contributed by atoms with van der Waals surface area (Å²) in [6.07, 6.45) is 0.691. The average molecular weight is 465 g/mol. The van der Waals surface area contributed by atoms with Crippen LogP contribution in [0.2, 0.25) is 0 Å². The molecular weight excluding hydrogens is 436 g/mol. The number of ether oxygens (including phenoxy) is 1. The van der Waals surface area contributed by atoms with E-state index in [0.29, 0.717) is 17.9 Å². The quantitative estimate of drug-likeness (QED) is 0.591. The number of sulfonamides is 1. The third kappa shape index (κ3) is 3.70. The van der Waals surface area contributed by atoms with Crippen LogP contribution >= 0.6 is 0 Å². The third-order valence-corrected chi connectivity index (χ3v) is 8.95. The number of nitrogens with one attached hydrogen (secondary N) is 1. The fourth-order valence-corrected chi connectivity index (χ4v) is 7.14. The SMILES string of the molecule is COc1cccc(-c2ccc3c(c2)[C@H]2[C@H](CCN2S(=O)(=O)c2ccccc2C)[C@@H](CO)N3)c1. The standard InChI is InChI=1S/C26H28N2O4S/c1-17-6-3-4-9-25(17)33(30,31)28-13-12-21-24(16-29)27-23-11-10-19(15-22(23)26(21)28)18-7-5-8-20(14-18)32-2/h3-11,14-15,21,24,26-27,29H,12-13,16H2,1-2H3/t21-,24-,26-/m1/s1. The minimum absolute atomic E-state index is 0.0122. The zero-order valence-corrected chi connectivity index (χ0v) is 19.5. The molecule has 7 heteroatoms. The lowest BCUT2D eigenvalue weighted by atomic mass is 9.82. The van der Waals surface area contributed by atoms with Gasteiger partial charge >= 0.3 is 0 Å². The summed E-state index contributed by atoms with van der Waals surface area (Å²) < 4.78 is 34.6. The molecule has 1 saturated heterocycles. The maximum absolute atomic E-state index is 13.8. The van der Waals surface area contributed by atoms with Crippen molar-refractivity contribution in [2.45, 2.75) is 30.3 Å². The van der Waals surface area contributed by atoms with Crippen LogP contribution in [0.5, 0.6) is 5.75 Å². The topological polar surface area (TPSA) is 78.9 Å². The van der Waals surface area contributed by atoms with Crippen LogP contribution in [0, 0.1) is 12.8 Å². The number of aliphatic hydroxyl groups is 1. The lowest BCUT2D eigenvalue weighted by Gasteiger charge is -2.39. The highest BCUT2D eigenvalue weighted by molar-refractivity contribution is 7.89. The highest BCUT2D eigenvalue weighted by atomic mass is 32.2. The number of fused-ring (bicyclic) bond motifs is 3. The number of hydrogen-bond donors (Lipinski definition) is 2. The van der Waals surface area contributed by atoms with Gasteiger partial charge in [0, 0.05) is 18.2 Å². The number of nitrogens with zero attached hydrogens (tertiary/aromatic N) is 1. The van der Waals surface area contributed by atoms with E-state index in [-0.39, 0.29) is 24.6 Å². The summed E-state index contributed by atoms with van der Waals surface area (Å²) in [6, 6.07) is 20.5. The Morgan fingerprint density at radius 3 is 2.61 bits per heavy atom. The normalized spacial score (nSPS) is 22.3. The second-order valence-corrected chi connectivity index (χ2v) is 10.6. The molecule has 6 nitrogen and oxygen atoms in total. The van der Waals surface area contributed by atoms with Gasteiger partial charge in [-0.25, -0.2) is 8.42 Å². The van der Waals surface area contributed by atoms with Crippen molar-refractivity contribution in [3.8, 4) is 16.9 Å². The molecule has 2 aliphatic heterocycles. The third-order valence-electron chi connectivity index (χ3n) is 6.91. The molecule has 0 spiro atoms. The molecule has 0 aromatic heterocycles. The lowest BCUT2D eigenvalue weighted by Crippen LogP contribution is -2.42. The van der Waals surface area contributed by atoms with Crippen molar-refractivity contribution < 1.29 is 18.3 Å². The van der Waals surface area contributed by atoms with Gasteiger partial charge in [0.1, 0.15) is 5.75 Å². The fourth-order valence-electron chi connectivity index (χ4n) is 5.24. The van der Waals surface area contributed by atoms with Crippen LogP contribution in [0.25, 0.3) is 11.1 Å². The van der Waals surface area contributed by atoms with E-state index in [0.717, 1.165) is 33.7 Å². The summed E-state index contributed by atoms with van der Waals surface area (Å²) in [7, 11) is -2.06. The van der Waals surface area contributed by atoms with Gasteiger partial charge in [0.05, 0.1) is 30.7 Å². The molecule has 2 heterocycles. The number of aliphatic hydroxyl groups excluding tert-OH is 1. The van der Waals surface area contributed by atoms with Crippen LogP contribution in [0.4, 0.5) is 5.69 Å². The van der Waals surface area contributed by atoms with E-state index in [1.54, 1.807) is 23.5 Å². The Kier molecular flexibility index (Phi) is 5.64. The lowest BCUT2D eigenvalue weighted by molar-refractivity contribution is 0.210. The van der Waals surface area contributed by atoms with Crippen molar-refractivity contribution in [1.82, 2.24) is 4.31 Å². The Hall–Kier alpha value is -2.87. The summed E-state index contributed by atoms with van der Waals surface area (Å²) in [5, 5.41) is 13.5. The fraction of sp³-hybridized carbons (Fsp3) is 0.308. The van der Waals surface area contributed by atoms with E-state index in [2.05, 4.69) is 11.4 Å². The van der Waals surface area contributed by atoms with Crippen molar-refractivity contribution in [3.05, 3.63) is 77.9 Å². The zero-order valence-electron chi connectivity index (χ0n) is 18.7. The molecule has 0 bridgehead atoms. The number of benzene rings is 3. The predicted octanol–water partition coefficient (Wildman–Crippen LogP) is 4.21. The monoisotopic (exact) mass is 464 g/mol. The summed E-state index contributed by atoms with van der Waals surface area (Å²) in [6.45, 7) is 2.21. The van der Waals surface area contributed by atoms with Gasteiger partial charge in [0.25, 0.3) is 0 Å². The number of methoxy groups -OCH3 is 1. The molecule has 3 atom stereocenters. The van der Waals surface area contributed by atoms with E-state index in [1.807, 2.05) is 55.5 Å². The minimum atomic E-state index is -3.70. The van der Waals surface area contributed by atoms with Gasteiger partial charge in [-0.05, 0) is 65.9 Å². The van der Waals surface area contributed by atoms with Crippen molar-refractivity contribution >= 4 is 15.7 Å². The van der Waals surface area contributed by atoms with E-state index >= 15 is 0 Å². The van der Waals surface area contributed by atoms with Crippen molar-refractivity contribution in [1.29, 1.82) is 0 Å². The van der Waals surface area contributed by atoms with Crippen LogP contribution in [0.1, 0.15) is 23.6 Å². The number of hydrogen-bond acceptors (Lipinski definition) is 5. The highest BCUT2D eigenvalue weighted by Gasteiger charge is 2.48. The van der Waals surface area contributed by atoms with E-state index in [4.69, 9.17) is 4.74 Å². The molecule has 1 fully saturated rings. The van der Waals surface area contributed by atoms with Gasteiger partial charge in [0.15, 0.2) is 0 Å². The van der Waals surface area contributed by atoms with Gasteiger partial charge < -0.3 is 15.2 Å². The summed E-state index contributed by atoms with van der Waals surface area (Å²) in [4.78, 5) is 0.343. The minimum Gasteiger partial charge on any atom is -0.497 e. The Balaban J connectivity index is 1.62. The first kappa shape index (κ1) is 21.9. The molecule has 33 heavy (non-hydrogen) atoms. The first-order valence-electron chi connectivity index (χ1n) is 11.2. The Morgan fingerprint density at radius 1 is 1.06 bits per heavy atom. The van der Waals surface area contributed by atoms with Crippen molar-refractivity contribution in [3.63, 3.8) is 0 Å². The maximum Gasteiger partial charge on any atom is 0.243 e.